The van der Waals surface area contributed by atoms with E-state index in [1.165, 1.54) is 30.2 Å². The molecule has 3 N–H and O–H groups in total. The van der Waals surface area contributed by atoms with Gasteiger partial charge in [-0.1, -0.05) is 65.2 Å². The van der Waals surface area contributed by atoms with E-state index in [2.05, 4.69) is 26.1 Å². The summed E-state index contributed by atoms with van der Waals surface area (Å²) < 4.78 is 11.0. The van der Waals surface area contributed by atoms with Crippen LogP contribution in [-0.4, -0.2) is 36.7 Å². The fourth-order valence-corrected chi connectivity index (χ4v) is 5.28. The number of ether oxygens (including phenoxy) is 2. The summed E-state index contributed by atoms with van der Waals surface area (Å²) >= 11 is 14.0. The van der Waals surface area contributed by atoms with E-state index in [9.17, 15) is 9.59 Å². The Kier molecular flexibility index (Phi) is 10.3. The van der Waals surface area contributed by atoms with Crippen molar-refractivity contribution in [2.75, 3.05) is 24.4 Å². The highest BCUT2D eigenvalue weighted by Gasteiger charge is 2.15. The van der Waals surface area contributed by atoms with Gasteiger partial charge in [0.25, 0.3) is 11.8 Å². The lowest BCUT2D eigenvalue weighted by atomic mass is 10.1. The molecular weight excluding hydrogens is 633 g/mol. The van der Waals surface area contributed by atoms with E-state index < -0.39 is 5.91 Å². The first kappa shape index (κ1) is 31.5. The Hall–Kier alpha value is -4.90. The lowest BCUT2D eigenvalue weighted by Gasteiger charge is -2.13. The molecule has 0 unspecified atom stereocenters. The van der Waals surface area contributed by atoms with Crippen molar-refractivity contribution < 1.29 is 19.1 Å². The molecule has 228 valence electrons. The third kappa shape index (κ3) is 8.39. The fraction of sp³-hybridized carbons (Fsp3) is 0.0909. The topological polar surface area (TPSA) is 114 Å². The number of rotatable bonds is 11. The van der Waals surface area contributed by atoms with Crippen LogP contribution in [0.5, 0.6) is 11.5 Å². The van der Waals surface area contributed by atoms with Crippen molar-refractivity contribution >= 4 is 69.1 Å². The molecule has 0 spiro atoms. The number of hydrogen-bond acceptors (Lipinski definition) is 8. The third-order valence-corrected chi connectivity index (χ3v) is 7.74. The second kappa shape index (κ2) is 14.7. The van der Waals surface area contributed by atoms with Gasteiger partial charge in [0, 0.05) is 22.2 Å². The van der Waals surface area contributed by atoms with Gasteiger partial charge in [-0.25, -0.2) is 10.4 Å². The molecule has 2 amide bonds. The van der Waals surface area contributed by atoms with E-state index in [4.69, 9.17) is 32.7 Å². The number of carbonyl (C=O) groups excluding carboxylic acids is 2. The van der Waals surface area contributed by atoms with Gasteiger partial charge in [-0.05, 0) is 61.0 Å². The molecule has 9 nitrogen and oxygen atoms in total. The Balaban J connectivity index is 1.16. The molecule has 0 fully saturated rings. The number of carbonyl (C=O) groups is 2. The van der Waals surface area contributed by atoms with Gasteiger partial charge in [-0.2, -0.15) is 5.10 Å². The normalized spacial score (nSPS) is 10.8. The molecule has 5 rings (SSSR count). The first-order valence-corrected chi connectivity index (χ1v) is 15.2. The molecule has 45 heavy (non-hydrogen) atoms. The molecule has 0 aliphatic heterocycles. The average Bonchev–Trinajstić information content (AvgIpc) is 3.51. The first-order chi connectivity index (χ1) is 21.8. The molecule has 0 radical (unpaired) electrons. The van der Waals surface area contributed by atoms with Crippen molar-refractivity contribution in [1.29, 1.82) is 0 Å². The number of benzene rings is 4. The minimum absolute atomic E-state index is 0.188. The van der Waals surface area contributed by atoms with Crippen molar-refractivity contribution in [1.82, 2.24) is 10.4 Å². The average molecular weight is 661 g/mol. The van der Waals surface area contributed by atoms with E-state index in [0.717, 1.165) is 22.1 Å². The number of thiazole rings is 1. The molecule has 0 aliphatic rings. The van der Waals surface area contributed by atoms with Gasteiger partial charge >= 0.3 is 0 Å². The second-order valence-electron chi connectivity index (χ2n) is 9.66. The zero-order chi connectivity index (χ0) is 31.8. The van der Waals surface area contributed by atoms with Crippen LogP contribution in [0.25, 0.3) is 11.3 Å². The van der Waals surface area contributed by atoms with Gasteiger partial charge < -0.3 is 20.1 Å². The zero-order valence-corrected chi connectivity index (χ0v) is 26.5. The molecule has 4 aromatic carbocycles. The van der Waals surface area contributed by atoms with Gasteiger partial charge in [-0.3, -0.25) is 9.59 Å². The highest BCUT2D eigenvalue weighted by molar-refractivity contribution is 7.14. The van der Waals surface area contributed by atoms with E-state index in [1.807, 2.05) is 48.7 Å². The number of para-hydroxylation sites is 1. The third-order valence-electron chi connectivity index (χ3n) is 6.38. The first-order valence-electron chi connectivity index (χ1n) is 13.6. The largest absolute Gasteiger partial charge is 0.493 e. The summed E-state index contributed by atoms with van der Waals surface area (Å²) in [4.78, 5) is 29.7. The van der Waals surface area contributed by atoms with Crippen LogP contribution in [0.4, 0.5) is 16.5 Å². The lowest BCUT2D eigenvalue weighted by Crippen LogP contribution is -2.20. The Bertz CT molecular complexity index is 1840. The van der Waals surface area contributed by atoms with Crippen LogP contribution in [0.3, 0.4) is 0 Å². The predicted octanol–water partition coefficient (Wildman–Crippen LogP) is 7.96. The number of hydrogen-bond donors (Lipinski definition) is 3. The fourth-order valence-electron chi connectivity index (χ4n) is 4.09. The molecule has 0 saturated carbocycles. The van der Waals surface area contributed by atoms with Gasteiger partial charge in [0.15, 0.2) is 23.2 Å². The van der Waals surface area contributed by atoms with Crippen molar-refractivity contribution in [2.45, 2.75) is 6.92 Å². The molecule has 0 bridgehead atoms. The van der Waals surface area contributed by atoms with Crippen molar-refractivity contribution in [2.24, 2.45) is 5.10 Å². The molecule has 12 heteroatoms. The Morgan fingerprint density at radius 2 is 1.73 bits per heavy atom. The van der Waals surface area contributed by atoms with Crippen LogP contribution in [0, 0.1) is 6.92 Å². The Morgan fingerprint density at radius 3 is 2.47 bits per heavy atom. The smallest absolute Gasteiger partial charge is 0.271 e. The van der Waals surface area contributed by atoms with Crippen LogP contribution >= 0.6 is 34.5 Å². The lowest BCUT2D eigenvalue weighted by molar-refractivity contribution is -0.118. The van der Waals surface area contributed by atoms with Crippen LogP contribution < -0.4 is 25.5 Å². The summed E-state index contributed by atoms with van der Waals surface area (Å²) in [5.41, 5.74) is 7.79. The highest BCUT2D eigenvalue weighted by Crippen LogP contribution is 2.36. The van der Waals surface area contributed by atoms with Crippen LogP contribution in [-0.2, 0) is 4.79 Å². The van der Waals surface area contributed by atoms with E-state index in [1.54, 1.807) is 48.5 Å². The van der Waals surface area contributed by atoms with Crippen molar-refractivity contribution in [3.63, 3.8) is 0 Å². The van der Waals surface area contributed by atoms with Gasteiger partial charge in [-0.15, -0.1) is 11.3 Å². The Labute approximate surface area is 273 Å². The maximum atomic E-state index is 12.7. The predicted molar refractivity (Wildman–Crippen MR) is 181 cm³/mol. The summed E-state index contributed by atoms with van der Waals surface area (Å²) in [6.45, 7) is 1.72. The van der Waals surface area contributed by atoms with E-state index >= 15 is 0 Å². The summed E-state index contributed by atoms with van der Waals surface area (Å²) in [7, 11) is 1.45. The van der Waals surface area contributed by atoms with Crippen LogP contribution in [0.15, 0.2) is 95.4 Å². The number of aryl methyl sites for hydroxylation is 1. The number of anilines is 3. The number of methoxy groups -OCH3 is 1. The van der Waals surface area contributed by atoms with Gasteiger partial charge in [0.05, 0.1) is 34.8 Å². The SMILES string of the molecule is COc1cc(/C=N/NC(=O)c2ccc(-c3csc(Nc4ccc(C)cc4)n3)cc2)cc(Cl)c1OCC(=O)Nc1ccccc1Cl. The second-order valence-corrected chi connectivity index (χ2v) is 11.3. The molecule has 0 atom stereocenters. The van der Waals surface area contributed by atoms with E-state index in [-0.39, 0.29) is 29.0 Å². The number of hydrazone groups is 1. The van der Waals surface area contributed by atoms with Crippen molar-refractivity contribution in [3.8, 4) is 22.8 Å². The quantitative estimate of drug-likeness (QED) is 0.0979. The molecule has 0 aliphatic carbocycles. The van der Waals surface area contributed by atoms with Crippen LogP contribution in [0.2, 0.25) is 10.0 Å². The standard InChI is InChI=1S/C33H27Cl2N5O4S/c1-20-7-13-24(14-8-20)37-33-39-28(19-45-33)22-9-11-23(12-10-22)32(42)40-36-17-21-15-26(35)31(29(16-21)43-2)44-18-30(41)38-27-6-4-3-5-25(27)34/h3-17,19H,18H2,1-2H3,(H,37,39)(H,38,41)(H,40,42)/b36-17+. The summed E-state index contributed by atoms with van der Waals surface area (Å²) in [5.74, 6) is -0.335. The summed E-state index contributed by atoms with van der Waals surface area (Å²) in [5, 5.41) is 13.4. The van der Waals surface area contributed by atoms with E-state index in [0.29, 0.717) is 21.8 Å². The highest BCUT2D eigenvalue weighted by atomic mass is 35.5. The molecular formula is C33H27Cl2N5O4S. The minimum Gasteiger partial charge on any atom is -0.493 e. The van der Waals surface area contributed by atoms with Crippen LogP contribution in [0.1, 0.15) is 21.5 Å². The number of nitrogens with one attached hydrogen (secondary N) is 3. The monoisotopic (exact) mass is 659 g/mol. The molecule has 5 aromatic rings. The molecule has 1 aromatic heterocycles. The number of amides is 2. The number of aromatic nitrogens is 1. The summed E-state index contributed by atoms with van der Waals surface area (Å²) in [6.07, 6.45) is 1.42. The number of nitrogens with zero attached hydrogens (tertiary/aromatic N) is 2. The van der Waals surface area contributed by atoms with Gasteiger partial charge in [0.1, 0.15) is 0 Å². The molecule has 0 saturated heterocycles. The molecule has 1 heterocycles. The Morgan fingerprint density at radius 1 is 0.978 bits per heavy atom. The maximum Gasteiger partial charge on any atom is 0.271 e. The number of halogens is 2. The summed E-state index contributed by atoms with van der Waals surface area (Å²) in [6, 6.07) is 25.2. The maximum absolute atomic E-state index is 12.7. The van der Waals surface area contributed by atoms with Gasteiger partial charge in [0.2, 0.25) is 0 Å². The minimum atomic E-state index is -0.422. The zero-order valence-electron chi connectivity index (χ0n) is 24.1. The van der Waals surface area contributed by atoms with Crippen molar-refractivity contribution in [3.05, 3.63) is 117 Å².